The first-order valence-corrected chi connectivity index (χ1v) is 7.06. The molecule has 0 fully saturated rings. The van der Waals surface area contributed by atoms with Gasteiger partial charge in [0.25, 0.3) is 0 Å². The van der Waals surface area contributed by atoms with E-state index in [1.807, 2.05) is 6.07 Å². The monoisotopic (exact) mass is 270 g/mol. The highest BCUT2D eigenvalue weighted by Crippen LogP contribution is 2.24. The average Bonchev–Trinajstić information content (AvgIpc) is 2.37. The average molecular weight is 271 g/mol. The molecule has 1 aromatic heterocycles. The third kappa shape index (κ3) is 5.23. The fourth-order valence-corrected chi connectivity index (χ4v) is 2.00. The molecule has 0 saturated carbocycles. The van der Waals surface area contributed by atoms with Crippen LogP contribution in [0.15, 0.2) is 12.3 Å². The number of rotatable bonds is 8. The highest BCUT2D eigenvalue weighted by Gasteiger charge is 2.09. The van der Waals surface area contributed by atoms with E-state index in [0.29, 0.717) is 17.4 Å². The molecule has 102 valence electrons. The van der Waals surface area contributed by atoms with E-state index in [0.717, 1.165) is 12.0 Å². The molecule has 0 aliphatic rings. The van der Waals surface area contributed by atoms with Gasteiger partial charge in [0.2, 0.25) is 5.88 Å². The van der Waals surface area contributed by atoms with Gasteiger partial charge >= 0.3 is 0 Å². The van der Waals surface area contributed by atoms with Gasteiger partial charge in [0.05, 0.1) is 6.10 Å². The fraction of sp³-hybridized carbons (Fsp3) is 0.643. The summed E-state index contributed by atoms with van der Waals surface area (Å²) in [6, 6.07) is 1.81. The number of nitrogens with two attached hydrogens (primary N) is 1. The third-order valence-corrected chi connectivity index (χ3v) is 3.15. The van der Waals surface area contributed by atoms with Crippen LogP contribution in [-0.4, -0.2) is 11.1 Å². The second-order valence-corrected chi connectivity index (χ2v) is 5.02. The van der Waals surface area contributed by atoms with Gasteiger partial charge in [-0.05, 0) is 31.4 Å². The molecule has 2 N–H and O–H groups in total. The van der Waals surface area contributed by atoms with Crippen LogP contribution in [-0.2, 0) is 6.54 Å². The lowest BCUT2D eigenvalue weighted by Gasteiger charge is -2.15. The number of pyridine rings is 1. The van der Waals surface area contributed by atoms with Crippen LogP contribution in [0.2, 0.25) is 5.02 Å². The van der Waals surface area contributed by atoms with Crippen molar-refractivity contribution < 1.29 is 4.74 Å². The van der Waals surface area contributed by atoms with Crippen LogP contribution in [0.5, 0.6) is 5.88 Å². The molecule has 1 aromatic rings. The van der Waals surface area contributed by atoms with Gasteiger partial charge in [0.15, 0.2) is 0 Å². The third-order valence-electron chi connectivity index (χ3n) is 2.88. The Balaban J connectivity index is 2.41. The molecule has 0 amide bonds. The van der Waals surface area contributed by atoms with Crippen molar-refractivity contribution in [2.24, 2.45) is 5.73 Å². The van der Waals surface area contributed by atoms with Gasteiger partial charge in [-0.3, -0.25) is 0 Å². The van der Waals surface area contributed by atoms with Crippen LogP contribution in [0.3, 0.4) is 0 Å². The molecule has 1 unspecified atom stereocenters. The molecule has 0 radical (unpaired) electrons. The van der Waals surface area contributed by atoms with Crippen molar-refractivity contribution in [1.82, 2.24) is 4.98 Å². The second kappa shape index (κ2) is 8.33. The lowest BCUT2D eigenvalue weighted by Crippen LogP contribution is -2.13. The Morgan fingerprint density at radius 3 is 2.78 bits per heavy atom. The van der Waals surface area contributed by atoms with Crippen LogP contribution < -0.4 is 10.5 Å². The first-order chi connectivity index (χ1) is 8.67. The molecule has 1 rings (SSSR count). The highest BCUT2D eigenvalue weighted by molar-refractivity contribution is 6.31. The van der Waals surface area contributed by atoms with Crippen LogP contribution in [0.1, 0.15) is 51.5 Å². The van der Waals surface area contributed by atoms with E-state index in [2.05, 4.69) is 18.8 Å². The van der Waals surface area contributed by atoms with Gasteiger partial charge in [0.1, 0.15) is 5.02 Å². The van der Waals surface area contributed by atoms with Gasteiger partial charge in [-0.15, -0.1) is 0 Å². The molecule has 4 heteroatoms. The summed E-state index contributed by atoms with van der Waals surface area (Å²) in [5, 5.41) is 0.540. The first-order valence-electron chi connectivity index (χ1n) is 6.68. The van der Waals surface area contributed by atoms with Gasteiger partial charge in [0, 0.05) is 12.7 Å². The molecule has 0 aromatic carbocycles. The number of hydrogen-bond donors (Lipinski definition) is 1. The smallest absolute Gasteiger partial charge is 0.232 e. The molecule has 0 saturated heterocycles. The van der Waals surface area contributed by atoms with E-state index in [1.54, 1.807) is 6.20 Å². The quantitative estimate of drug-likeness (QED) is 0.728. The topological polar surface area (TPSA) is 48.1 Å². The number of halogens is 1. The lowest BCUT2D eigenvalue weighted by molar-refractivity contribution is 0.198. The molecule has 0 bridgehead atoms. The summed E-state index contributed by atoms with van der Waals surface area (Å²) in [7, 11) is 0. The molecule has 3 nitrogen and oxygen atoms in total. The Labute approximate surface area is 115 Å². The second-order valence-electron chi connectivity index (χ2n) is 4.61. The SMILES string of the molecule is CCCCCCC(C)Oc1ncc(CN)cc1Cl. The highest BCUT2D eigenvalue weighted by atomic mass is 35.5. The van der Waals surface area contributed by atoms with Crippen molar-refractivity contribution in [1.29, 1.82) is 0 Å². The van der Waals surface area contributed by atoms with Crippen molar-refractivity contribution in [3.05, 3.63) is 22.8 Å². The van der Waals surface area contributed by atoms with Crippen LogP contribution >= 0.6 is 11.6 Å². The lowest BCUT2D eigenvalue weighted by atomic mass is 10.1. The van der Waals surface area contributed by atoms with Gasteiger partial charge in [-0.2, -0.15) is 0 Å². The molecule has 1 atom stereocenters. The summed E-state index contributed by atoms with van der Waals surface area (Å²) in [6.45, 7) is 4.71. The minimum absolute atomic E-state index is 0.149. The standard InChI is InChI=1S/C14H23ClN2O/c1-3-4-5-6-7-11(2)18-14-13(15)8-12(9-16)10-17-14/h8,10-11H,3-7,9,16H2,1-2H3. The predicted octanol–water partition coefficient (Wildman–Crippen LogP) is 3.93. The van der Waals surface area contributed by atoms with Crippen molar-refractivity contribution in [3.63, 3.8) is 0 Å². The normalized spacial score (nSPS) is 12.4. The number of aromatic nitrogens is 1. The molecule has 0 spiro atoms. The summed E-state index contributed by atoms with van der Waals surface area (Å²) in [5.41, 5.74) is 6.44. The summed E-state index contributed by atoms with van der Waals surface area (Å²) < 4.78 is 5.74. The predicted molar refractivity (Wildman–Crippen MR) is 76.0 cm³/mol. The van der Waals surface area contributed by atoms with E-state index in [4.69, 9.17) is 22.1 Å². The maximum absolute atomic E-state index is 6.09. The van der Waals surface area contributed by atoms with Crippen LogP contribution in [0.4, 0.5) is 0 Å². The first kappa shape index (κ1) is 15.3. The number of hydrogen-bond acceptors (Lipinski definition) is 3. The van der Waals surface area contributed by atoms with Gasteiger partial charge in [-0.1, -0.05) is 37.8 Å². The Bertz CT molecular complexity index is 358. The molecule has 18 heavy (non-hydrogen) atoms. The number of ether oxygens (including phenoxy) is 1. The van der Waals surface area contributed by atoms with E-state index < -0.39 is 0 Å². The fourth-order valence-electron chi connectivity index (χ4n) is 1.77. The van der Waals surface area contributed by atoms with Crippen molar-refractivity contribution in [2.45, 2.75) is 58.6 Å². The Kier molecular flexibility index (Phi) is 7.06. The van der Waals surface area contributed by atoms with Gasteiger partial charge < -0.3 is 10.5 Å². The van der Waals surface area contributed by atoms with Crippen molar-refractivity contribution >= 4 is 11.6 Å². The van der Waals surface area contributed by atoms with Crippen LogP contribution in [0.25, 0.3) is 0 Å². The maximum Gasteiger partial charge on any atom is 0.232 e. The largest absolute Gasteiger partial charge is 0.474 e. The Morgan fingerprint density at radius 2 is 2.17 bits per heavy atom. The summed E-state index contributed by atoms with van der Waals surface area (Å²) in [4.78, 5) is 4.20. The zero-order valence-corrected chi connectivity index (χ0v) is 12.0. The number of unbranched alkanes of at least 4 members (excludes halogenated alkanes) is 3. The zero-order valence-electron chi connectivity index (χ0n) is 11.3. The molecular formula is C14H23ClN2O. The number of nitrogens with zero attached hydrogens (tertiary/aromatic N) is 1. The molecule has 0 aliphatic heterocycles. The molecular weight excluding hydrogens is 248 g/mol. The van der Waals surface area contributed by atoms with E-state index in [-0.39, 0.29) is 6.10 Å². The molecule has 0 aliphatic carbocycles. The zero-order chi connectivity index (χ0) is 13.4. The van der Waals surface area contributed by atoms with Crippen molar-refractivity contribution in [2.75, 3.05) is 0 Å². The van der Waals surface area contributed by atoms with Gasteiger partial charge in [-0.25, -0.2) is 4.98 Å². The van der Waals surface area contributed by atoms with E-state index in [1.165, 1.54) is 25.7 Å². The minimum Gasteiger partial charge on any atom is -0.474 e. The Hall–Kier alpha value is -0.800. The van der Waals surface area contributed by atoms with Crippen molar-refractivity contribution in [3.8, 4) is 5.88 Å². The minimum atomic E-state index is 0.149. The maximum atomic E-state index is 6.09. The summed E-state index contributed by atoms with van der Waals surface area (Å²) >= 11 is 6.09. The Morgan fingerprint density at radius 1 is 1.39 bits per heavy atom. The summed E-state index contributed by atoms with van der Waals surface area (Å²) in [6.07, 6.45) is 7.89. The molecule has 1 heterocycles. The van der Waals surface area contributed by atoms with Crippen LogP contribution in [0, 0.1) is 0 Å². The summed E-state index contributed by atoms with van der Waals surface area (Å²) in [5.74, 6) is 0.511. The van der Waals surface area contributed by atoms with E-state index in [9.17, 15) is 0 Å². The van der Waals surface area contributed by atoms with E-state index >= 15 is 0 Å².